The molecule has 1 aromatic carbocycles. The molecule has 2 aromatic heterocycles. The van der Waals surface area contributed by atoms with E-state index in [1.807, 2.05) is 0 Å². The third-order valence-corrected chi connectivity index (χ3v) is 4.10. The molecule has 1 atom stereocenters. The first kappa shape index (κ1) is 15.6. The molecule has 1 aliphatic heterocycles. The fourth-order valence-electron chi connectivity index (χ4n) is 2.72. The number of anilines is 1. The van der Waals surface area contributed by atoms with Crippen LogP contribution in [0, 0.1) is 6.08 Å². The van der Waals surface area contributed by atoms with Crippen molar-refractivity contribution in [1.82, 2.24) is 19.5 Å². The molecule has 0 radical (unpaired) electrons. The van der Waals surface area contributed by atoms with Crippen molar-refractivity contribution in [2.75, 3.05) is 19.0 Å². The molecular formula is C16H16FN5O3. The summed E-state index contributed by atoms with van der Waals surface area (Å²) in [6, 6.07) is 4.78. The minimum atomic E-state index is -0.839. The van der Waals surface area contributed by atoms with Crippen LogP contribution in [-0.4, -0.2) is 38.3 Å². The largest absolute Gasteiger partial charge is 0.508 e. The number of methoxy groups -OCH3 is 1. The van der Waals surface area contributed by atoms with Crippen molar-refractivity contribution < 1.29 is 19.0 Å². The van der Waals surface area contributed by atoms with Crippen LogP contribution in [0.2, 0.25) is 0 Å². The van der Waals surface area contributed by atoms with Gasteiger partial charge in [-0.25, -0.2) is 4.98 Å². The average molecular weight is 345 g/mol. The number of imidazole rings is 1. The van der Waals surface area contributed by atoms with Crippen LogP contribution < -0.4 is 10.1 Å². The molecule has 0 spiro atoms. The van der Waals surface area contributed by atoms with E-state index in [1.54, 1.807) is 23.0 Å². The minimum Gasteiger partial charge on any atom is -0.508 e. The Morgan fingerprint density at radius 2 is 2.28 bits per heavy atom. The lowest BCUT2D eigenvalue weighted by Crippen LogP contribution is -2.24. The minimum absolute atomic E-state index is 0.107. The number of hydrogen-bond donors (Lipinski definition) is 2. The van der Waals surface area contributed by atoms with Gasteiger partial charge in [-0.3, -0.25) is 4.57 Å². The SMILES string of the molecule is COc1cc(O)ccc1CNc1nc(F)nc2c1ncn2C1CCO1. The highest BCUT2D eigenvalue weighted by Crippen LogP contribution is 2.29. The number of ether oxygens (including phenoxy) is 2. The van der Waals surface area contributed by atoms with Gasteiger partial charge in [0.25, 0.3) is 0 Å². The molecule has 0 bridgehead atoms. The normalized spacial score (nSPS) is 16.6. The molecule has 3 aromatic rings. The van der Waals surface area contributed by atoms with E-state index in [0.717, 1.165) is 12.0 Å². The number of phenols is 1. The van der Waals surface area contributed by atoms with Crippen LogP contribution in [0.15, 0.2) is 24.5 Å². The summed E-state index contributed by atoms with van der Waals surface area (Å²) in [6.07, 6.45) is 1.41. The molecule has 0 saturated carbocycles. The van der Waals surface area contributed by atoms with Gasteiger partial charge in [-0.1, -0.05) is 0 Å². The third kappa shape index (κ3) is 2.82. The topological polar surface area (TPSA) is 94.3 Å². The Kier molecular flexibility index (Phi) is 3.85. The third-order valence-electron chi connectivity index (χ3n) is 4.10. The maximum absolute atomic E-state index is 13.9. The first-order valence-electron chi connectivity index (χ1n) is 7.77. The lowest BCUT2D eigenvalue weighted by Gasteiger charge is -2.27. The molecule has 1 fully saturated rings. The fourth-order valence-corrected chi connectivity index (χ4v) is 2.72. The molecular weight excluding hydrogens is 329 g/mol. The average Bonchev–Trinajstić information content (AvgIpc) is 2.95. The molecule has 130 valence electrons. The molecule has 1 unspecified atom stereocenters. The highest BCUT2D eigenvalue weighted by Gasteiger charge is 2.24. The van der Waals surface area contributed by atoms with Crippen molar-refractivity contribution >= 4 is 17.0 Å². The summed E-state index contributed by atoms with van der Waals surface area (Å²) in [5.74, 6) is 0.915. The predicted octanol–water partition coefficient (Wildman–Crippen LogP) is 2.21. The van der Waals surface area contributed by atoms with Crippen LogP contribution >= 0.6 is 0 Å². The Labute approximate surface area is 142 Å². The Morgan fingerprint density at radius 1 is 1.44 bits per heavy atom. The van der Waals surface area contributed by atoms with E-state index in [9.17, 15) is 9.50 Å². The van der Waals surface area contributed by atoms with E-state index in [-0.39, 0.29) is 17.8 Å². The Hall–Kier alpha value is -2.94. The number of fused-ring (bicyclic) bond motifs is 1. The number of aromatic nitrogens is 4. The van der Waals surface area contributed by atoms with Gasteiger partial charge < -0.3 is 19.9 Å². The van der Waals surface area contributed by atoms with E-state index >= 15 is 0 Å². The maximum Gasteiger partial charge on any atom is 0.312 e. The summed E-state index contributed by atoms with van der Waals surface area (Å²) in [4.78, 5) is 11.9. The Bertz CT molecular complexity index is 926. The van der Waals surface area contributed by atoms with Gasteiger partial charge in [0.2, 0.25) is 0 Å². The first-order chi connectivity index (χ1) is 12.2. The number of nitrogens with one attached hydrogen (secondary N) is 1. The van der Waals surface area contributed by atoms with Gasteiger partial charge in [-0.05, 0) is 12.1 Å². The number of halogens is 1. The van der Waals surface area contributed by atoms with Crippen LogP contribution in [0.5, 0.6) is 11.5 Å². The van der Waals surface area contributed by atoms with E-state index in [2.05, 4.69) is 20.3 Å². The van der Waals surface area contributed by atoms with Gasteiger partial charge in [0, 0.05) is 24.6 Å². The Morgan fingerprint density at radius 3 is 3.00 bits per heavy atom. The zero-order chi connectivity index (χ0) is 17.4. The van der Waals surface area contributed by atoms with Gasteiger partial charge >= 0.3 is 6.08 Å². The van der Waals surface area contributed by atoms with Gasteiger partial charge in [-0.2, -0.15) is 14.4 Å². The summed E-state index contributed by atoms with van der Waals surface area (Å²) in [6.45, 7) is 0.992. The molecule has 1 saturated heterocycles. The zero-order valence-corrected chi connectivity index (χ0v) is 13.4. The van der Waals surface area contributed by atoms with Crippen molar-refractivity contribution in [3.05, 3.63) is 36.2 Å². The molecule has 4 rings (SSSR count). The van der Waals surface area contributed by atoms with Crippen LogP contribution in [0.4, 0.5) is 10.2 Å². The second-order valence-corrected chi connectivity index (χ2v) is 5.63. The summed E-state index contributed by atoms with van der Waals surface area (Å²) < 4.78 is 26.2. The molecule has 0 amide bonds. The lowest BCUT2D eigenvalue weighted by atomic mass is 10.2. The second-order valence-electron chi connectivity index (χ2n) is 5.63. The lowest BCUT2D eigenvalue weighted by molar-refractivity contribution is -0.0974. The smallest absolute Gasteiger partial charge is 0.312 e. The summed E-state index contributed by atoms with van der Waals surface area (Å²) in [7, 11) is 1.51. The van der Waals surface area contributed by atoms with E-state index in [1.165, 1.54) is 13.2 Å². The van der Waals surface area contributed by atoms with Gasteiger partial charge in [0.15, 0.2) is 17.0 Å². The number of aromatic hydroxyl groups is 1. The molecule has 25 heavy (non-hydrogen) atoms. The number of phenolic OH excluding ortho intramolecular Hbond substituents is 1. The molecule has 2 N–H and O–H groups in total. The van der Waals surface area contributed by atoms with Crippen LogP contribution in [0.1, 0.15) is 18.2 Å². The quantitative estimate of drug-likeness (QED) is 0.685. The maximum atomic E-state index is 13.9. The van der Waals surface area contributed by atoms with Crippen LogP contribution in [0.3, 0.4) is 0 Å². The number of benzene rings is 1. The zero-order valence-electron chi connectivity index (χ0n) is 13.4. The van der Waals surface area contributed by atoms with Crippen molar-refractivity contribution in [1.29, 1.82) is 0 Å². The molecule has 0 aliphatic carbocycles. The fraction of sp³-hybridized carbons (Fsp3) is 0.312. The summed E-state index contributed by atoms with van der Waals surface area (Å²) in [5.41, 5.74) is 1.64. The van der Waals surface area contributed by atoms with Crippen molar-refractivity contribution in [2.45, 2.75) is 19.2 Å². The number of rotatable bonds is 5. The summed E-state index contributed by atoms with van der Waals surface area (Å²) >= 11 is 0. The van der Waals surface area contributed by atoms with Gasteiger partial charge in [-0.15, -0.1) is 0 Å². The molecule has 1 aliphatic rings. The molecule has 9 heteroatoms. The van der Waals surface area contributed by atoms with Crippen molar-refractivity contribution in [3.8, 4) is 11.5 Å². The van der Waals surface area contributed by atoms with Gasteiger partial charge in [0.05, 0.1) is 20.0 Å². The monoisotopic (exact) mass is 345 g/mol. The highest BCUT2D eigenvalue weighted by molar-refractivity contribution is 5.82. The first-order valence-corrected chi connectivity index (χ1v) is 7.77. The van der Waals surface area contributed by atoms with Crippen LogP contribution in [0.25, 0.3) is 11.2 Å². The molecule has 8 nitrogen and oxygen atoms in total. The van der Waals surface area contributed by atoms with E-state index in [0.29, 0.717) is 30.1 Å². The summed E-state index contributed by atoms with van der Waals surface area (Å²) in [5, 5.41) is 12.6. The number of nitrogens with zero attached hydrogens (tertiary/aromatic N) is 4. The van der Waals surface area contributed by atoms with Crippen molar-refractivity contribution in [2.24, 2.45) is 0 Å². The standard InChI is InChI=1S/C16H16FN5O3/c1-24-11-6-10(23)3-2-9(11)7-18-14-13-15(21-16(17)20-14)22(8-19-13)12-4-5-25-12/h2-3,6,8,12,23H,4-5,7H2,1H3,(H,18,20,21). The van der Waals surface area contributed by atoms with Gasteiger partial charge in [0.1, 0.15) is 17.7 Å². The number of hydrogen-bond acceptors (Lipinski definition) is 7. The highest BCUT2D eigenvalue weighted by atomic mass is 19.1. The molecule has 3 heterocycles. The van der Waals surface area contributed by atoms with Crippen molar-refractivity contribution in [3.63, 3.8) is 0 Å². The van der Waals surface area contributed by atoms with Crippen LogP contribution in [-0.2, 0) is 11.3 Å². The van der Waals surface area contributed by atoms with E-state index < -0.39 is 6.08 Å². The van der Waals surface area contributed by atoms with E-state index in [4.69, 9.17) is 9.47 Å². The Balaban J connectivity index is 1.64. The second kappa shape index (κ2) is 6.17. The predicted molar refractivity (Wildman–Crippen MR) is 86.9 cm³/mol.